The highest BCUT2D eigenvalue weighted by Crippen LogP contribution is 2.19. The van der Waals surface area contributed by atoms with E-state index in [4.69, 9.17) is 5.73 Å². The van der Waals surface area contributed by atoms with Gasteiger partial charge in [-0.15, -0.1) is 0 Å². The zero-order valence-corrected chi connectivity index (χ0v) is 13.8. The third-order valence-electron chi connectivity index (χ3n) is 3.83. The van der Waals surface area contributed by atoms with E-state index < -0.39 is 4.92 Å². The quantitative estimate of drug-likeness (QED) is 0.357. The molecule has 0 aliphatic heterocycles. The van der Waals surface area contributed by atoms with E-state index in [1.807, 2.05) is 36.4 Å². The zero-order valence-electron chi connectivity index (χ0n) is 13.8. The molecule has 8 heteroatoms. The monoisotopic (exact) mass is 351 g/mol. The highest BCUT2D eigenvalue weighted by molar-refractivity contribution is 5.78. The fourth-order valence-electron chi connectivity index (χ4n) is 2.44. The maximum Gasteiger partial charge on any atom is 0.432 e. The van der Waals surface area contributed by atoms with Crippen LogP contribution in [-0.2, 0) is 17.8 Å². The number of nitrogens with zero attached hydrogens (tertiary/aromatic N) is 2. The molecule has 1 aromatic heterocycles. The molecule has 132 valence electrons. The Hall–Kier alpha value is -3.68. The second-order valence-electron chi connectivity index (χ2n) is 5.77. The van der Waals surface area contributed by atoms with Crippen molar-refractivity contribution in [3.63, 3.8) is 0 Å². The Morgan fingerprint density at radius 3 is 2.38 bits per heavy atom. The Morgan fingerprint density at radius 2 is 1.77 bits per heavy atom. The Balaban J connectivity index is 1.56. The summed E-state index contributed by atoms with van der Waals surface area (Å²) in [5, 5.41) is 13.5. The van der Waals surface area contributed by atoms with E-state index >= 15 is 0 Å². The first-order valence-electron chi connectivity index (χ1n) is 7.91. The molecule has 3 aromatic rings. The lowest BCUT2D eigenvalue weighted by molar-refractivity contribution is -0.393. The fourth-order valence-corrected chi connectivity index (χ4v) is 2.44. The van der Waals surface area contributed by atoms with Crippen LogP contribution in [0.25, 0.3) is 11.3 Å². The van der Waals surface area contributed by atoms with Gasteiger partial charge in [0.05, 0.1) is 6.42 Å². The van der Waals surface area contributed by atoms with Crippen LogP contribution in [0.2, 0.25) is 0 Å². The molecule has 0 saturated heterocycles. The maximum atomic E-state index is 12.0. The van der Waals surface area contributed by atoms with Gasteiger partial charge in [-0.1, -0.05) is 41.4 Å². The molecular weight excluding hydrogens is 334 g/mol. The van der Waals surface area contributed by atoms with E-state index in [0.29, 0.717) is 17.9 Å². The van der Waals surface area contributed by atoms with Crippen LogP contribution in [0.3, 0.4) is 0 Å². The van der Waals surface area contributed by atoms with E-state index in [9.17, 15) is 14.9 Å². The molecule has 1 heterocycles. The lowest BCUT2D eigenvalue weighted by Gasteiger charge is -2.06. The van der Waals surface area contributed by atoms with Gasteiger partial charge in [-0.05, 0) is 28.2 Å². The van der Waals surface area contributed by atoms with Gasteiger partial charge in [0, 0.05) is 17.8 Å². The molecule has 0 atom stereocenters. The van der Waals surface area contributed by atoms with Crippen molar-refractivity contribution >= 4 is 17.5 Å². The SMILES string of the molecule is Nc1ccc(CC(=O)NCc2ccc(-c3cnc([N+](=O)[O-])[nH]3)cc2)cc1. The molecular formula is C18H17N5O3. The average molecular weight is 351 g/mol. The van der Waals surface area contributed by atoms with E-state index in [-0.39, 0.29) is 18.3 Å². The van der Waals surface area contributed by atoms with Gasteiger partial charge in [0.2, 0.25) is 5.91 Å². The largest absolute Gasteiger partial charge is 0.432 e. The van der Waals surface area contributed by atoms with Gasteiger partial charge in [0.25, 0.3) is 0 Å². The number of nitrogen functional groups attached to an aromatic ring is 1. The van der Waals surface area contributed by atoms with Crippen LogP contribution in [0.15, 0.2) is 54.7 Å². The van der Waals surface area contributed by atoms with Crippen molar-refractivity contribution in [2.24, 2.45) is 0 Å². The van der Waals surface area contributed by atoms with Gasteiger partial charge in [0.1, 0.15) is 11.9 Å². The summed E-state index contributed by atoms with van der Waals surface area (Å²) in [7, 11) is 0. The molecule has 3 rings (SSSR count). The topological polar surface area (TPSA) is 127 Å². The van der Waals surface area contributed by atoms with Crippen LogP contribution in [0.4, 0.5) is 11.6 Å². The Kier molecular flexibility index (Phi) is 4.93. The summed E-state index contributed by atoms with van der Waals surface area (Å²) < 4.78 is 0. The minimum atomic E-state index is -0.575. The number of nitrogens with two attached hydrogens (primary N) is 1. The van der Waals surface area contributed by atoms with Gasteiger partial charge in [-0.3, -0.25) is 4.79 Å². The van der Waals surface area contributed by atoms with Crippen molar-refractivity contribution in [1.82, 2.24) is 15.3 Å². The zero-order chi connectivity index (χ0) is 18.5. The van der Waals surface area contributed by atoms with Gasteiger partial charge >= 0.3 is 5.95 Å². The third-order valence-corrected chi connectivity index (χ3v) is 3.83. The lowest BCUT2D eigenvalue weighted by Crippen LogP contribution is -2.24. The summed E-state index contributed by atoms with van der Waals surface area (Å²) in [6.45, 7) is 0.400. The Bertz CT molecular complexity index is 917. The number of rotatable bonds is 6. The summed E-state index contributed by atoms with van der Waals surface area (Å²) in [6.07, 6.45) is 1.71. The number of carbonyl (C=O) groups excluding carboxylic acids is 1. The fraction of sp³-hybridized carbons (Fsp3) is 0.111. The smallest absolute Gasteiger partial charge is 0.399 e. The molecule has 0 fully saturated rings. The molecule has 0 aliphatic rings. The van der Waals surface area contributed by atoms with Crippen LogP contribution in [-0.4, -0.2) is 20.8 Å². The first kappa shape index (κ1) is 17.2. The molecule has 0 saturated carbocycles. The first-order chi connectivity index (χ1) is 12.5. The van der Waals surface area contributed by atoms with Gasteiger partial charge in [0.15, 0.2) is 0 Å². The number of nitro groups is 1. The van der Waals surface area contributed by atoms with E-state index in [0.717, 1.165) is 16.7 Å². The van der Waals surface area contributed by atoms with Crippen molar-refractivity contribution in [3.8, 4) is 11.3 Å². The predicted octanol–water partition coefficient (Wildman–Crippen LogP) is 2.43. The number of anilines is 1. The molecule has 0 bridgehead atoms. The summed E-state index contributed by atoms with van der Waals surface area (Å²) in [4.78, 5) is 28.4. The molecule has 2 aromatic carbocycles. The predicted molar refractivity (Wildman–Crippen MR) is 97.1 cm³/mol. The second-order valence-corrected chi connectivity index (χ2v) is 5.77. The molecule has 8 nitrogen and oxygen atoms in total. The highest BCUT2D eigenvalue weighted by atomic mass is 16.6. The van der Waals surface area contributed by atoms with Crippen LogP contribution >= 0.6 is 0 Å². The summed E-state index contributed by atoms with van der Waals surface area (Å²) in [6, 6.07) is 14.5. The molecule has 0 unspecified atom stereocenters. The van der Waals surface area contributed by atoms with Gasteiger partial charge in [-0.25, -0.2) is 4.98 Å². The van der Waals surface area contributed by atoms with Crippen molar-refractivity contribution in [2.45, 2.75) is 13.0 Å². The summed E-state index contributed by atoms with van der Waals surface area (Å²) in [5.41, 5.74) is 9.45. The van der Waals surface area contributed by atoms with Crippen molar-refractivity contribution in [3.05, 3.63) is 76.0 Å². The molecule has 26 heavy (non-hydrogen) atoms. The number of hydrogen-bond acceptors (Lipinski definition) is 5. The molecule has 1 amide bonds. The van der Waals surface area contributed by atoms with Crippen LogP contribution in [0.1, 0.15) is 11.1 Å². The van der Waals surface area contributed by atoms with Crippen LogP contribution < -0.4 is 11.1 Å². The number of benzene rings is 2. The molecule has 4 N–H and O–H groups in total. The minimum absolute atomic E-state index is 0.0805. The molecule has 0 aliphatic carbocycles. The second kappa shape index (κ2) is 7.47. The number of aromatic amines is 1. The van der Waals surface area contributed by atoms with E-state index in [1.165, 1.54) is 6.20 Å². The van der Waals surface area contributed by atoms with Crippen LogP contribution in [0.5, 0.6) is 0 Å². The van der Waals surface area contributed by atoms with Crippen LogP contribution in [0, 0.1) is 10.1 Å². The number of H-pyrrole nitrogens is 1. The normalized spacial score (nSPS) is 10.5. The van der Waals surface area contributed by atoms with Crippen molar-refractivity contribution < 1.29 is 9.72 Å². The first-order valence-corrected chi connectivity index (χ1v) is 7.91. The average Bonchev–Trinajstić information content (AvgIpc) is 3.13. The van der Waals surface area contributed by atoms with E-state index in [1.54, 1.807) is 12.1 Å². The summed E-state index contributed by atoms with van der Waals surface area (Å²) >= 11 is 0. The minimum Gasteiger partial charge on any atom is -0.399 e. The van der Waals surface area contributed by atoms with Crippen molar-refractivity contribution in [1.29, 1.82) is 0 Å². The van der Waals surface area contributed by atoms with E-state index in [2.05, 4.69) is 15.3 Å². The van der Waals surface area contributed by atoms with Gasteiger partial charge in [-0.2, -0.15) is 0 Å². The standard InChI is InChI=1S/C18H17N5O3/c19-15-7-3-12(4-8-15)9-17(24)20-10-13-1-5-14(6-2-13)16-11-21-18(22-16)23(25)26/h1-8,11H,9-10,19H2,(H,20,24)(H,21,22). The number of hydrogen-bond donors (Lipinski definition) is 3. The number of imidazole rings is 1. The highest BCUT2D eigenvalue weighted by Gasteiger charge is 2.12. The molecule has 0 spiro atoms. The Morgan fingerprint density at radius 1 is 1.12 bits per heavy atom. The number of amides is 1. The lowest BCUT2D eigenvalue weighted by atomic mass is 10.1. The third kappa shape index (κ3) is 4.23. The maximum absolute atomic E-state index is 12.0. The number of aromatic nitrogens is 2. The van der Waals surface area contributed by atoms with Gasteiger partial charge < -0.3 is 21.2 Å². The molecule has 0 radical (unpaired) electrons. The number of nitrogens with one attached hydrogen (secondary N) is 2. The van der Waals surface area contributed by atoms with Crippen molar-refractivity contribution in [2.75, 3.05) is 5.73 Å². The Labute approximate surface area is 149 Å². The number of carbonyl (C=O) groups is 1. The summed E-state index contributed by atoms with van der Waals surface area (Å²) in [5.74, 6) is -0.373.